The van der Waals surface area contributed by atoms with Crippen LogP contribution in [-0.4, -0.2) is 30.6 Å². The van der Waals surface area contributed by atoms with Crippen molar-refractivity contribution >= 4 is 21.5 Å². The van der Waals surface area contributed by atoms with E-state index in [1.54, 1.807) is 26.0 Å². The van der Waals surface area contributed by atoms with E-state index in [2.05, 4.69) is 5.32 Å². The standard InChI is InChI=1S/C11H15NO4S/c1-8(2)17(15,16)7-12-10-5-3-4-9(6-10)11(13)14/h3-6,8,12H,7H2,1-2H3,(H,13,14). The Morgan fingerprint density at radius 1 is 1.41 bits per heavy atom. The van der Waals surface area contributed by atoms with Crippen LogP contribution in [0.4, 0.5) is 5.69 Å². The van der Waals surface area contributed by atoms with Crippen LogP contribution < -0.4 is 5.32 Å². The van der Waals surface area contributed by atoms with Crippen LogP contribution in [-0.2, 0) is 9.84 Å². The van der Waals surface area contributed by atoms with E-state index in [0.29, 0.717) is 5.69 Å². The summed E-state index contributed by atoms with van der Waals surface area (Å²) < 4.78 is 23.1. The van der Waals surface area contributed by atoms with E-state index < -0.39 is 21.1 Å². The Balaban J connectivity index is 2.77. The summed E-state index contributed by atoms with van der Waals surface area (Å²) in [7, 11) is -3.19. The molecule has 1 aromatic carbocycles. The topological polar surface area (TPSA) is 83.5 Å². The average molecular weight is 257 g/mol. The Hall–Kier alpha value is -1.56. The minimum Gasteiger partial charge on any atom is -0.478 e. The SMILES string of the molecule is CC(C)S(=O)(=O)CNc1cccc(C(=O)O)c1. The second kappa shape index (κ2) is 5.18. The number of nitrogens with one attached hydrogen (secondary N) is 1. The Kier molecular flexibility index (Phi) is 4.11. The van der Waals surface area contributed by atoms with Crippen molar-refractivity contribution in [3.63, 3.8) is 0 Å². The molecule has 1 rings (SSSR count). The number of hydrogen-bond donors (Lipinski definition) is 2. The van der Waals surface area contributed by atoms with Gasteiger partial charge in [-0.2, -0.15) is 0 Å². The van der Waals surface area contributed by atoms with E-state index in [1.165, 1.54) is 12.1 Å². The van der Waals surface area contributed by atoms with Crippen molar-refractivity contribution in [3.05, 3.63) is 29.8 Å². The maximum atomic E-state index is 11.5. The van der Waals surface area contributed by atoms with Crippen LogP contribution in [0.2, 0.25) is 0 Å². The van der Waals surface area contributed by atoms with Gasteiger partial charge in [0.25, 0.3) is 0 Å². The van der Waals surface area contributed by atoms with Crippen LogP contribution in [0.5, 0.6) is 0 Å². The highest BCUT2D eigenvalue weighted by Gasteiger charge is 2.15. The quantitative estimate of drug-likeness (QED) is 0.836. The largest absolute Gasteiger partial charge is 0.478 e. The van der Waals surface area contributed by atoms with Crippen LogP contribution in [0.25, 0.3) is 0 Å². The van der Waals surface area contributed by atoms with Gasteiger partial charge in [-0.15, -0.1) is 0 Å². The third kappa shape index (κ3) is 3.74. The van der Waals surface area contributed by atoms with E-state index in [9.17, 15) is 13.2 Å². The molecule has 0 aliphatic rings. The number of rotatable bonds is 5. The van der Waals surface area contributed by atoms with Gasteiger partial charge in [0, 0.05) is 5.69 Å². The van der Waals surface area contributed by atoms with Gasteiger partial charge in [-0.25, -0.2) is 13.2 Å². The molecule has 1 aromatic rings. The predicted molar refractivity (Wildman–Crippen MR) is 65.9 cm³/mol. The maximum Gasteiger partial charge on any atom is 0.335 e. The first-order valence-electron chi connectivity index (χ1n) is 5.12. The van der Waals surface area contributed by atoms with Gasteiger partial charge in [0.05, 0.1) is 10.8 Å². The first-order chi connectivity index (χ1) is 7.83. The Bertz CT molecular complexity index is 508. The van der Waals surface area contributed by atoms with Crippen LogP contribution in [0.3, 0.4) is 0 Å². The summed E-state index contributed by atoms with van der Waals surface area (Å²) in [6, 6.07) is 6.04. The lowest BCUT2D eigenvalue weighted by atomic mass is 10.2. The number of benzene rings is 1. The van der Waals surface area contributed by atoms with E-state index in [0.717, 1.165) is 0 Å². The highest BCUT2D eigenvalue weighted by molar-refractivity contribution is 7.92. The highest BCUT2D eigenvalue weighted by Crippen LogP contribution is 2.11. The average Bonchev–Trinajstić information content (AvgIpc) is 2.26. The van der Waals surface area contributed by atoms with Gasteiger partial charge < -0.3 is 10.4 Å². The normalized spacial score (nSPS) is 11.5. The molecule has 6 heteroatoms. The van der Waals surface area contributed by atoms with Crippen molar-refractivity contribution < 1.29 is 18.3 Å². The molecule has 0 atom stereocenters. The molecule has 0 spiro atoms. The molecule has 5 nitrogen and oxygen atoms in total. The first-order valence-corrected chi connectivity index (χ1v) is 6.83. The third-order valence-corrected chi connectivity index (χ3v) is 4.29. The van der Waals surface area contributed by atoms with Gasteiger partial charge in [-0.3, -0.25) is 0 Å². The number of carboxylic acids is 1. The van der Waals surface area contributed by atoms with Gasteiger partial charge >= 0.3 is 5.97 Å². The second-order valence-electron chi connectivity index (χ2n) is 3.92. The number of aromatic carboxylic acids is 1. The fourth-order valence-electron chi connectivity index (χ4n) is 1.11. The van der Waals surface area contributed by atoms with E-state index in [-0.39, 0.29) is 11.4 Å². The van der Waals surface area contributed by atoms with Crippen molar-refractivity contribution in [2.75, 3.05) is 11.2 Å². The van der Waals surface area contributed by atoms with E-state index in [4.69, 9.17) is 5.11 Å². The molecule has 0 heterocycles. The second-order valence-corrected chi connectivity index (χ2v) is 6.48. The van der Waals surface area contributed by atoms with Crippen molar-refractivity contribution in [1.29, 1.82) is 0 Å². The Morgan fingerprint density at radius 3 is 2.59 bits per heavy atom. The first kappa shape index (κ1) is 13.5. The summed E-state index contributed by atoms with van der Waals surface area (Å²) >= 11 is 0. The van der Waals surface area contributed by atoms with Gasteiger partial charge in [0.1, 0.15) is 5.88 Å². The summed E-state index contributed by atoms with van der Waals surface area (Å²) in [6.07, 6.45) is 0. The Labute approximate surface area is 100 Å². The number of hydrogen-bond acceptors (Lipinski definition) is 4. The molecule has 0 saturated heterocycles. The molecule has 0 fully saturated rings. The van der Waals surface area contributed by atoms with Crippen molar-refractivity contribution in [2.24, 2.45) is 0 Å². The van der Waals surface area contributed by atoms with Gasteiger partial charge in [0.2, 0.25) is 0 Å². The molecule has 2 N–H and O–H groups in total. The number of anilines is 1. The van der Waals surface area contributed by atoms with Crippen LogP contribution in [0, 0.1) is 0 Å². The molecule has 0 saturated carbocycles. The van der Waals surface area contributed by atoms with Gasteiger partial charge in [-0.05, 0) is 32.0 Å². The van der Waals surface area contributed by atoms with Gasteiger partial charge in [0.15, 0.2) is 9.84 Å². The molecular weight excluding hydrogens is 242 g/mol. The molecule has 0 aliphatic heterocycles. The number of sulfone groups is 1. The monoisotopic (exact) mass is 257 g/mol. The summed E-state index contributed by atoms with van der Waals surface area (Å²) in [5.74, 6) is -1.24. The minimum atomic E-state index is -3.19. The zero-order chi connectivity index (χ0) is 13.1. The van der Waals surface area contributed by atoms with Crippen molar-refractivity contribution in [1.82, 2.24) is 0 Å². The molecule has 17 heavy (non-hydrogen) atoms. The van der Waals surface area contributed by atoms with Crippen LogP contribution >= 0.6 is 0 Å². The Morgan fingerprint density at radius 2 is 2.06 bits per heavy atom. The molecule has 0 aromatic heterocycles. The molecule has 0 amide bonds. The summed E-state index contributed by atoms with van der Waals surface area (Å²) in [6.45, 7) is 3.20. The minimum absolute atomic E-state index is 0.122. The highest BCUT2D eigenvalue weighted by atomic mass is 32.2. The van der Waals surface area contributed by atoms with Crippen LogP contribution in [0.1, 0.15) is 24.2 Å². The van der Waals surface area contributed by atoms with Crippen molar-refractivity contribution in [3.8, 4) is 0 Å². The predicted octanol–water partition coefficient (Wildman–Crippen LogP) is 1.58. The van der Waals surface area contributed by atoms with E-state index >= 15 is 0 Å². The lowest BCUT2D eigenvalue weighted by Gasteiger charge is -2.10. The smallest absolute Gasteiger partial charge is 0.335 e. The fraction of sp³-hybridized carbons (Fsp3) is 0.364. The van der Waals surface area contributed by atoms with Crippen LogP contribution in [0.15, 0.2) is 24.3 Å². The lowest BCUT2D eigenvalue weighted by molar-refractivity contribution is 0.0697. The summed E-state index contributed by atoms with van der Waals surface area (Å²) in [4.78, 5) is 10.7. The molecule has 0 radical (unpaired) electrons. The van der Waals surface area contributed by atoms with Crippen molar-refractivity contribution in [2.45, 2.75) is 19.1 Å². The molecule has 0 bridgehead atoms. The molecule has 0 unspecified atom stereocenters. The van der Waals surface area contributed by atoms with Gasteiger partial charge in [-0.1, -0.05) is 6.07 Å². The molecule has 94 valence electrons. The maximum absolute atomic E-state index is 11.5. The fourth-order valence-corrected chi connectivity index (χ4v) is 1.81. The number of carbonyl (C=O) groups is 1. The third-order valence-electron chi connectivity index (χ3n) is 2.31. The number of carboxylic acid groups (broad SMARTS) is 1. The van der Waals surface area contributed by atoms with E-state index in [1.807, 2.05) is 0 Å². The zero-order valence-corrected chi connectivity index (χ0v) is 10.5. The summed E-state index contributed by atoms with van der Waals surface area (Å²) in [5, 5.41) is 11.0. The molecule has 0 aliphatic carbocycles. The summed E-state index contributed by atoms with van der Waals surface area (Å²) in [5.41, 5.74) is 0.603. The molecular formula is C11H15NO4S. The zero-order valence-electron chi connectivity index (χ0n) is 9.67. The lowest BCUT2D eigenvalue weighted by Crippen LogP contribution is -2.22.